The Morgan fingerprint density at radius 3 is 2.53 bits per heavy atom. The Morgan fingerprint density at radius 2 is 2.00 bits per heavy atom. The van der Waals surface area contributed by atoms with E-state index in [0.29, 0.717) is 11.4 Å². The monoisotopic (exact) mass is 248 g/mol. The van der Waals surface area contributed by atoms with E-state index in [-0.39, 0.29) is 19.0 Å². The molecule has 0 atom stereocenters. The van der Waals surface area contributed by atoms with Gasteiger partial charge in [0.15, 0.2) is 0 Å². The zero-order valence-corrected chi connectivity index (χ0v) is 9.75. The van der Waals surface area contributed by atoms with Gasteiger partial charge in [0.2, 0.25) is 5.95 Å². The van der Waals surface area contributed by atoms with Crippen molar-refractivity contribution in [1.29, 1.82) is 0 Å². The van der Waals surface area contributed by atoms with Crippen LogP contribution in [0.25, 0.3) is 0 Å². The van der Waals surface area contributed by atoms with Crippen molar-refractivity contribution in [3.05, 3.63) is 17.5 Å². The summed E-state index contributed by atoms with van der Waals surface area (Å²) >= 11 is 0. The van der Waals surface area contributed by atoms with Gasteiger partial charge >= 0.3 is 6.18 Å². The van der Waals surface area contributed by atoms with E-state index < -0.39 is 12.6 Å². The molecular formula is C10H15F3N4. The Bertz CT molecular complexity index is 378. The molecule has 0 radical (unpaired) electrons. The summed E-state index contributed by atoms with van der Waals surface area (Å²) in [4.78, 5) is 9.52. The van der Waals surface area contributed by atoms with Gasteiger partial charge in [0.1, 0.15) is 0 Å². The molecule has 0 aliphatic carbocycles. The molecule has 0 spiro atoms. The number of nitrogens with zero attached hydrogens (tertiary/aromatic N) is 3. The summed E-state index contributed by atoms with van der Waals surface area (Å²) in [5.74, 6) is 0.273. The van der Waals surface area contributed by atoms with Gasteiger partial charge in [-0.2, -0.15) is 13.2 Å². The molecule has 2 N–H and O–H groups in total. The van der Waals surface area contributed by atoms with Gasteiger partial charge in [0.05, 0.1) is 12.1 Å². The highest BCUT2D eigenvalue weighted by Gasteiger charge is 2.27. The normalized spacial score (nSPS) is 11.6. The lowest BCUT2D eigenvalue weighted by Crippen LogP contribution is -2.26. The van der Waals surface area contributed by atoms with Gasteiger partial charge in [-0.05, 0) is 13.0 Å². The molecule has 1 aromatic heterocycles. The SMILES string of the molecule is Cc1cc(CN)nc(N(C)CCC(F)(F)F)n1. The Balaban J connectivity index is 2.74. The minimum Gasteiger partial charge on any atom is -0.344 e. The maximum atomic E-state index is 12.1. The fraction of sp³-hybridized carbons (Fsp3) is 0.600. The number of aryl methyl sites for hydroxylation is 1. The van der Waals surface area contributed by atoms with Crippen molar-refractivity contribution in [3.8, 4) is 0 Å². The van der Waals surface area contributed by atoms with Crippen LogP contribution in [0.2, 0.25) is 0 Å². The molecule has 17 heavy (non-hydrogen) atoms. The Hall–Kier alpha value is -1.37. The molecule has 0 aromatic carbocycles. The van der Waals surface area contributed by atoms with E-state index in [1.54, 1.807) is 13.0 Å². The van der Waals surface area contributed by atoms with Crippen molar-refractivity contribution in [2.24, 2.45) is 5.73 Å². The number of hydrogen-bond acceptors (Lipinski definition) is 4. The van der Waals surface area contributed by atoms with Crippen LogP contribution in [0, 0.1) is 6.92 Å². The second-order valence-electron chi connectivity index (χ2n) is 3.79. The number of anilines is 1. The first-order chi connectivity index (χ1) is 7.81. The zero-order valence-electron chi connectivity index (χ0n) is 9.75. The lowest BCUT2D eigenvalue weighted by Gasteiger charge is -2.18. The molecule has 0 aliphatic rings. The van der Waals surface area contributed by atoms with Crippen LogP contribution < -0.4 is 10.6 Å². The van der Waals surface area contributed by atoms with Crippen LogP contribution in [0.3, 0.4) is 0 Å². The molecule has 0 saturated carbocycles. The molecular weight excluding hydrogens is 233 g/mol. The Kier molecular flexibility index (Phi) is 4.28. The van der Waals surface area contributed by atoms with E-state index in [2.05, 4.69) is 9.97 Å². The van der Waals surface area contributed by atoms with Gasteiger partial charge in [-0.15, -0.1) is 0 Å². The van der Waals surface area contributed by atoms with Crippen molar-refractivity contribution in [1.82, 2.24) is 9.97 Å². The average molecular weight is 248 g/mol. The van der Waals surface area contributed by atoms with Gasteiger partial charge in [-0.3, -0.25) is 0 Å². The van der Waals surface area contributed by atoms with Crippen LogP contribution in [0.5, 0.6) is 0 Å². The summed E-state index contributed by atoms with van der Waals surface area (Å²) in [5.41, 5.74) is 6.75. The molecule has 96 valence electrons. The summed E-state index contributed by atoms with van der Waals surface area (Å²) < 4.78 is 36.2. The highest BCUT2D eigenvalue weighted by Crippen LogP contribution is 2.20. The fourth-order valence-corrected chi connectivity index (χ4v) is 1.29. The summed E-state index contributed by atoms with van der Waals surface area (Å²) in [6.07, 6.45) is -5.06. The van der Waals surface area contributed by atoms with Crippen molar-refractivity contribution < 1.29 is 13.2 Å². The van der Waals surface area contributed by atoms with Gasteiger partial charge in [0.25, 0.3) is 0 Å². The number of nitrogens with two attached hydrogens (primary N) is 1. The molecule has 0 unspecified atom stereocenters. The molecule has 1 rings (SSSR count). The predicted molar refractivity (Wildman–Crippen MR) is 58.6 cm³/mol. The number of halogens is 3. The average Bonchev–Trinajstić information content (AvgIpc) is 2.23. The number of hydrogen-bond donors (Lipinski definition) is 1. The van der Waals surface area contributed by atoms with Crippen LogP contribution in [-0.4, -0.2) is 29.7 Å². The highest BCUT2D eigenvalue weighted by atomic mass is 19.4. The van der Waals surface area contributed by atoms with E-state index in [9.17, 15) is 13.2 Å². The van der Waals surface area contributed by atoms with E-state index >= 15 is 0 Å². The Morgan fingerprint density at radius 1 is 1.35 bits per heavy atom. The van der Waals surface area contributed by atoms with Crippen LogP contribution in [0.4, 0.5) is 19.1 Å². The summed E-state index contributed by atoms with van der Waals surface area (Å²) in [7, 11) is 1.53. The molecule has 7 heteroatoms. The Labute approximate surface area is 97.7 Å². The van der Waals surface area contributed by atoms with Gasteiger partial charge in [0, 0.05) is 25.8 Å². The van der Waals surface area contributed by atoms with E-state index in [1.807, 2.05) is 0 Å². The smallest absolute Gasteiger partial charge is 0.344 e. The molecule has 1 heterocycles. The van der Waals surface area contributed by atoms with Crippen LogP contribution in [0.1, 0.15) is 17.8 Å². The van der Waals surface area contributed by atoms with Crippen molar-refractivity contribution in [3.63, 3.8) is 0 Å². The standard InChI is InChI=1S/C10H15F3N4/c1-7-5-8(6-14)16-9(15-7)17(2)4-3-10(11,12)13/h5H,3-4,6,14H2,1-2H3. The minimum absolute atomic E-state index is 0.170. The maximum Gasteiger partial charge on any atom is 0.390 e. The second-order valence-corrected chi connectivity index (χ2v) is 3.79. The lowest BCUT2D eigenvalue weighted by molar-refractivity contribution is -0.132. The molecule has 4 nitrogen and oxygen atoms in total. The molecule has 0 saturated heterocycles. The molecule has 1 aromatic rings. The van der Waals surface area contributed by atoms with Crippen molar-refractivity contribution >= 4 is 5.95 Å². The van der Waals surface area contributed by atoms with Crippen LogP contribution in [0.15, 0.2) is 6.07 Å². The van der Waals surface area contributed by atoms with E-state index in [4.69, 9.17) is 5.73 Å². The van der Waals surface area contributed by atoms with Crippen molar-refractivity contribution in [2.75, 3.05) is 18.5 Å². The minimum atomic E-state index is -4.17. The predicted octanol–water partition coefficient (Wildman–Crippen LogP) is 1.63. The summed E-state index contributed by atoms with van der Waals surface area (Å²) in [5, 5.41) is 0. The third kappa shape index (κ3) is 4.56. The first-order valence-corrected chi connectivity index (χ1v) is 5.14. The van der Waals surface area contributed by atoms with Crippen LogP contribution in [-0.2, 0) is 6.54 Å². The quantitative estimate of drug-likeness (QED) is 0.880. The summed E-state index contributed by atoms with van der Waals surface area (Å²) in [6.45, 7) is 1.82. The number of aromatic nitrogens is 2. The third-order valence-corrected chi connectivity index (χ3v) is 2.18. The lowest BCUT2D eigenvalue weighted by atomic mass is 10.3. The maximum absolute atomic E-state index is 12.1. The van der Waals surface area contributed by atoms with E-state index in [0.717, 1.165) is 0 Å². The third-order valence-electron chi connectivity index (χ3n) is 2.18. The first-order valence-electron chi connectivity index (χ1n) is 5.14. The topological polar surface area (TPSA) is 55.0 Å². The molecule has 0 amide bonds. The van der Waals surface area contributed by atoms with Crippen LogP contribution >= 0.6 is 0 Å². The largest absolute Gasteiger partial charge is 0.390 e. The molecule has 0 aliphatic heterocycles. The second kappa shape index (κ2) is 5.31. The number of rotatable bonds is 4. The fourth-order valence-electron chi connectivity index (χ4n) is 1.29. The number of alkyl halides is 3. The van der Waals surface area contributed by atoms with Gasteiger partial charge in [-0.25, -0.2) is 9.97 Å². The van der Waals surface area contributed by atoms with Gasteiger partial charge in [-0.1, -0.05) is 0 Å². The zero-order chi connectivity index (χ0) is 13.1. The molecule has 0 bridgehead atoms. The van der Waals surface area contributed by atoms with Gasteiger partial charge < -0.3 is 10.6 Å². The highest BCUT2D eigenvalue weighted by molar-refractivity contribution is 5.31. The van der Waals surface area contributed by atoms with E-state index in [1.165, 1.54) is 11.9 Å². The molecule has 0 fully saturated rings. The van der Waals surface area contributed by atoms with Crippen molar-refractivity contribution in [2.45, 2.75) is 26.1 Å². The summed E-state index contributed by atoms with van der Waals surface area (Å²) in [6, 6.07) is 1.71. The first kappa shape index (κ1) is 13.7.